The van der Waals surface area contributed by atoms with E-state index in [-0.39, 0.29) is 11.6 Å². The second-order valence-electron chi connectivity index (χ2n) is 3.91. The molecule has 0 atom stereocenters. The van der Waals surface area contributed by atoms with Crippen molar-refractivity contribution >= 4 is 17.1 Å². The first-order valence-corrected chi connectivity index (χ1v) is 5.14. The van der Waals surface area contributed by atoms with Crippen LogP contribution in [0.2, 0.25) is 0 Å². The Morgan fingerprint density at radius 2 is 1.75 bits per heavy atom. The molecule has 0 bridgehead atoms. The van der Waals surface area contributed by atoms with Gasteiger partial charge in [-0.2, -0.15) is 0 Å². The maximum absolute atomic E-state index is 11.7. The van der Waals surface area contributed by atoms with Crippen LogP contribution >= 0.6 is 0 Å². The first-order valence-electron chi connectivity index (χ1n) is 5.14. The summed E-state index contributed by atoms with van der Waals surface area (Å²) in [4.78, 5) is 23.0. The SMILES string of the molecule is Cc1cccc(C2=CC(=O)C=CC2=O)c1C. The molecule has 0 spiro atoms. The first kappa shape index (κ1) is 10.6. The Morgan fingerprint density at radius 3 is 2.50 bits per heavy atom. The van der Waals surface area contributed by atoms with Gasteiger partial charge in [0.2, 0.25) is 0 Å². The quantitative estimate of drug-likeness (QED) is 0.670. The van der Waals surface area contributed by atoms with Crippen molar-refractivity contribution in [1.82, 2.24) is 0 Å². The molecule has 0 radical (unpaired) electrons. The molecule has 0 heterocycles. The summed E-state index contributed by atoms with van der Waals surface area (Å²) in [6, 6.07) is 5.76. The Labute approximate surface area is 94.3 Å². The summed E-state index contributed by atoms with van der Waals surface area (Å²) >= 11 is 0. The van der Waals surface area contributed by atoms with E-state index in [0.717, 1.165) is 16.7 Å². The lowest BCUT2D eigenvalue weighted by Gasteiger charge is -2.11. The third-order valence-corrected chi connectivity index (χ3v) is 2.85. The lowest BCUT2D eigenvalue weighted by atomic mass is 9.91. The topological polar surface area (TPSA) is 34.1 Å². The van der Waals surface area contributed by atoms with E-state index in [1.54, 1.807) is 0 Å². The molecule has 0 N–H and O–H groups in total. The smallest absolute Gasteiger partial charge is 0.186 e. The first-order chi connectivity index (χ1) is 7.59. The molecular weight excluding hydrogens is 200 g/mol. The van der Waals surface area contributed by atoms with Crippen LogP contribution in [0.25, 0.3) is 5.57 Å². The van der Waals surface area contributed by atoms with Crippen LogP contribution in [0, 0.1) is 13.8 Å². The fourth-order valence-corrected chi connectivity index (χ4v) is 1.76. The van der Waals surface area contributed by atoms with E-state index in [1.165, 1.54) is 18.2 Å². The molecule has 0 saturated heterocycles. The summed E-state index contributed by atoms with van der Waals surface area (Å²) in [6.45, 7) is 3.95. The van der Waals surface area contributed by atoms with Gasteiger partial charge in [0.15, 0.2) is 11.6 Å². The number of carbonyl (C=O) groups excluding carboxylic acids is 2. The van der Waals surface area contributed by atoms with Gasteiger partial charge < -0.3 is 0 Å². The van der Waals surface area contributed by atoms with Crippen LogP contribution in [0.3, 0.4) is 0 Å². The zero-order chi connectivity index (χ0) is 11.7. The van der Waals surface area contributed by atoms with Crippen molar-refractivity contribution in [1.29, 1.82) is 0 Å². The summed E-state index contributed by atoms with van der Waals surface area (Å²) in [5.41, 5.74) is 3.51. The van der Waals surface area contributed by atoms with Crippen molar-refractivity contribution in [3.05, 3.63) is 53.1 Å². The molecule has 1 aliphatic carbocycles. The van der Waals surface area contributed by atoms with Crippen LogP contribution in [0.5, 0.6) is 0 Å². The maximum atomic E-state index is 11.7. The Morgan fingerprint density at radius 1 is 1.00 bits per heavy atom. The van der Waals surface area contributed by atoms with Gasteiger partial charge in [0.25, 0.3) is 0 Å². The van der Waals surface area contributed by atoms with E-state index in [0.29, 0.717) is 5.57 Å². The number of rotatable bonds is 1. The highest BCUT2D eigenvalue weighted by Gasteiger charge is 2.16. The predicted molar refractivity (Wildman–Crippen MR) is 63.0 cm³/mol. The monoisotopic (exact) mass is 212 g/mol. The summed E-state index contributed by atoms with van der Waals surface area (Å²) < 4.78 is 0. The van der Waals surface area contributed by atoms with Gasteiger partial charge in [-0.15, -0.1) is 0 Å². The highest BCUT2D eigenvalue weighted by atomic mass is 16.1. The molecular formula is C14H12O2. The van der Waals surface area contributed by atoms with Crippen LogP contribution in [0.4, 0.5) is 0 Å². The largest absolute Gasteiger partial charge is 0.290 e. The van der Waals surface area contributed by atoms with Crippen molar-refractivity contribution in [3.8, 4) is 0 Å². The average Bonchev–Trinajstić information content (AvgIpc) is 2.26. The normalized spacial score (nSPS) is 15.2. The van der Waals surface area contributed by atoms with E-state index in [4.69, 9.17) is 0 Å². The van der Waals surface area contributed by atoms with Crippen molar-refractivity contribution in [3.63, 3.8) is 0 Å². The van der Waals surface area contributed by atoms with Crippen LogP contribution in [-0.2, 0) is 9.59 Å². The van der Waals surface area contributed by atoms with Gasteiger partial charge in [0, 0.05) is 5.57 Å². The molecule has 1 aromatic rings. The number of allylic oxidation sites excluding steroid dienone is 4. The minimum atomic E-state index is -0.129. The summed E-state index contributed by atoms with van der Waals surface area (Å²) in [5.74, 6) is -0.233. The van der Waals surface area contributed by atoms with Crippen molar-refractivity contribution in [2.24, 2.45) is 0 Å². The molecule has 0 fully saturated rings. The molecule has 1 aromatic carbocycles. The Hall–Kier alpha value is -1.96. The molecule has 0 aliphatic heterocycles. The van der Waals surface area contributed by atoms with E-state index in [1.807, 2.05) is 32.0 Å². The minimum absolute atomic E-state index is 0.103. The third kappa shape index (κ3) is 1.74. The van der Waals surface area contributed by atoms with Gasteiger partial charge in [-0.3, -0.25) is 9.59 Å². The van der Waals surface area contributed by atoms with Gasteiger partial charge in [0.1, 0.15) is 0 Å². The molecule has 80 valence electrons. The fraction of sp³-hybridized carbons (Fsp3) is 0.143. The molecule has 0 aromatic heterocycles. The summed E-state index contributed by atoms with van der Waals surface area (Å²) in [5, 5.41) is 0. The second-order valence-corrected chi connectivity index (χ2v) is 3.91. The lowest BCUT2D eigenvalue weighted by molar-refractivity contribution is -0.113. The fourth-order valence-electron chi connectivity index (χ4n) is 1.76. The number of carbonyl (C=O) groups is 2. The van der Waals surface area contributed by atoms with E-state index >= 15 is 0 Å². The van der Waals surface area contributed by atoms with Gasteiger partial charge >= 0.3 is 0 Å². The van der Waals surface area contributed by atoms with Crippen LogP contribution < -0.4 is 0 Å². The number of benzene rings is 1. The summed E-state index contributed by atoms with van der Waals surface area (Å²) in [6.07, 6.45) is 4.04. The Bertz CT molecular complexity index is 534. The Kier molecular flexibility index (Phi) is 2.57. The minimum Gasteiger partial charge on any atom is -0.290 e. The number of hydrogen-bond donors (Lipinski definition) is 0. The molecule has 1 aliphatic rings. The zero-order valence-corrected chi connectivity index (χ0v) is 9.28. The molecule has 2 nitrogen and oxygen atoms in total. The Balaban J connectivity index is 2.57. The highest BCUT2D eigenvalue weighted by molar-refractivity contribution is 6.34. The average molecular weight is 212 g/mol. The second kappa shape index (κ2) is 3.89. The van der Waals surface area contributed by atoms with Gasteiger partial charge in [-0.25, -0.2) is 0 Å². The predicted octanol–water partition coefficient (Wildman–Crippen LogP) is 2.39. The third-order valence-electron chi connectivity index (χ3n) is 2.85. The number of hydrogen-bond acceptors (Lipinski definition) is 2. The van der Waals surface area contributed by atoms with Crippen LogP contribution in [-0.4, -0.2) is 11.6 Å². The van der Waals surface area contributed by atoms with Crippen molar-refractivity contribution in [2.75, 3.05) is 0 Å². The van der Waals surface area contributed by atoms with Gasteiger partial charge in [-0.05, 0) is 48.8 Å². The molecule has 2 rings (SSSR count). The molecule has 0 unspecified atom stereocenters. The molecule has 2 heteroatoms. The van der Waals surface area contributed by atoms with Gasteiger partial charge in [-0.1, -0.05) is 18.2 Å². The van der Waals surface area contributed by atoms with E-state index in [9.17, 15) is 9.59 Å². The van der Waals surface area contributed by atoms with E-state index < -0.39 is 0 Å². The maximum Gasteiger partial charge on any atom is 0.186 e. The molecule has 0 amide bonds. The van der Waals surface area contributed by atoms with Crippen LogP contribution in [0.15, 0.2) is 36.4 Å². The lowest BCUT2D eigenvalue weighted by Crippen LogP contribution is -2.08. The zero-order valence-electron chi connectivity index (χ0n) is 9.28. The summed E-state index contributed by atoms with van der Waals surface area (Å²) in [7, 11) is 0. The van der Waals surface area contributed by atoms with Gasteiger partial charge in [0.05, 0.1) is 0 Å². The van der Waals surface area contributed by atoms with Crippen molar-refractivity contribution in [2.45, 2.75) is 13.8 Å². The number of aryl methyl sites for hydroxylation is 1. The standard InChI is InChI=1S/C14H12O2/c1-9-4-3-5-12(10(9)2)13-8-11(15)6-7-14(13)16/h3-8H,1-2H3. The number of ketones is 2. The molecule has 0 saturated carbocycles. The highest BCUT2D eigenvalue weighted by Crippen LogP contribution is 2.24. The van der Waals surface area contributed by atoms with Crippen molar-refractivity contribution < 1.29 is 9.59 Å². The molecule has 16 heavy (non-hydrogen) atoms. The van der Waals surface area contributed by atoms with E-state index in [2.05, 4.69) is 0 Å². The van der Waals surface area contributed by atoms with Crippen LogP contribution in [0.1, 0.15) is 16.7 Å².